The number of nitrogens with one attached hydrogen (secondary N) is 2. The second kappa shape index (κ2) is 14.1. The number of nitrogens with zero attached hydrogens (tertiary/aromatic N) is 6. The summed E-state index contributed by atoms with van der Waals surface area (Å²) in [5, 5.41) is 14.1. The summed E-state index contributed by atoms with van der Waals surface area (Å²) in [6.07, 6.45) is 5.41. The largest absolute Gasteiger partial charge is 0.436 e. The lowest BCUT2D eigenvalue weighted by molar-refractivity contribution is -0.142. The van der Waals surface area contributed by atoms with E-state index in [-0.39, 0.29) is 24.4 Å². The first-order valence-corrected chi connectivity index (χ1v) is 17.7. The first-order chi connectivity index (χ1) is 23.3. The van der Waals surface area contributed by atoms with Crippen molar-refractivity contribution in [2.45, 2.75) is 70.4 Å². The van der Waals surface area contributed by atoms with Crippen LogP contribution in [0.2, 0.25) is 0 Å². The molecule has 3 fully saturated rings. The van der Waals surface area contributed by atoms with Crippen molar-refractivity contribution in [2.75, 3.05) is 58.2 Å². The number of para-hydroxylation sites is 1. The van der Waals surface area contributed by atoms with Crippen LogP contribution >= 0.6 is 0 Å². The Morgan fingerprint density at radius 2 is 1.60 bits per heavy atom. The molecule has 4 aliphatic rings. The van der Waals surface area contributed by atoms with Gasteiger partial charge in [-0.15, -0.1) is 5.10 Å². The number of piperidine rings is 3. The van der Waals surface area contributed by atoms with Crippen molar-refractivity contribution >= 4 is 34.8 Å². The Labute approximate surface area is 282 Å². The molecule has 0 saturated carbocycles. The van der Waals surface area contributed by atoms with Crippen LogP contribution in [0.25, 0.3) is 11.0 Å². The predicted molar refractivity (Wildman–Crippen MR) is 183 cm³/mol. The first-order valence-electron chi connectivity index (χ1n) is 17.7. The fraction of sp³-hybridized carbons (Fsp3) is 0.583. The maximum atomic E-state index is 14.1. The number of hydrogen-bond acceptors (Lipinski definition) is 7. The molecule has 256 valence electrons. The summed E-state index contributed by atoms with van der Waals surface area (Å²) in [7, 11) is 2.19. The number of fused-ring (bicyclic) bond motifs is 2. The second-order valence-corrected chi connectivity index (χ2v) is 14.2. The van der Waals surface area contributed by atoms with Crippen LogP contribution in [0.15, 0.2) is 36.4 Å². The molecule has 4 amide bonds. The number of benzene rings is 2. The molecule has 48 heavy (non-hydrogen) atoms. The van der Waals surface area contributed by atoms with Crippen molar-refractivity contribution in [1.29, 1.82) is 0 Å². The molecule has 3 aromatic rings. The molecule has 3 saturated heterocycles. The summed E-state index contributed by atoms with van der Waals surface area (Å²) in [5.74, 6) is 1.24. The minimum Gasteiger partial charge on any atom is -0.436 e. The van der Waals surface area contributed by atoms with Gasteiger partial charge in [-0.3, -0.25) is 9.89 Å². The Hall–Kier alpha value is -4.19. The Morgan fingerprint density at radius 1 is 0.917 bits per heavy atom. The molecule has 0 aliphatic carbocycles. The third-order valence-electron chi connectivity index (χ3n) is 11.2. The molecule has 0 bridgehead atoms. The SMILES string of the molecule is Cc1cc(C[C@@H](OC(=O)N2CCC(N3CCc4ccccc4NC3=O)CC2)C(=O)N2CCC(C3CCN(C)CC3)CC2)cc2nn[nH]c12. The van der Waals surface area contributed by atoms with E-state index in [4.69, 9.17) is 4.74 Å². The van der Waals surface area contributed by atoms with Crippen molar-refractivity contribution in [2.24, 2.45) is 11.8 Å². The number of aryl methyl sites for hydroxylation is 1. The summed E-state index contributed by atoms with van der Waals surface area (Å²) in [6, 6.07) is 11.8. The number of carbonyl (C=O) groups excluding carboxylic acids is 3. The Bertz CT molecular complexity index is 1620. The van der Waals surface area contributed by atoms with Gasteiger partial charge in [-0.1, -0.05) is 29.5 Å². The number of amides is 4. The zero-order valence-corrected chi connectivity index (χ0v) is 28.2. The molecule has 0 radical (unpaired) electrons. The minimum atomic E-state index is -0.936. The molecule has 1 aromatic heterocycles. The van der Waals surface area contributed by atoms with Gasteiger partial charge >= 0.3 is 12.1 Å². The normalized spacial score (nSPS) is 21.1. The lowest BCUT2D eigenvalue weighted by atomic mass is 9.79. The highest BCUT2D eigenvalue weighted by molar-refractivity contribution is 5.91. The maximum Gasteiger partial charge on any atom is 0.410 e. The smallest absolute Gasteiger partial charge is 0.410 e. The molecule has 5 heterocycles. The van der Waals surface area contributed by atoms with E-state index < -0.39 is 12.2 Å². The average Bonchev–Trinajstić information content (AvgIpc) is 3.52. The zero-order valence-electron chi connectivity index (χ0n) is 28.2. The van der Waals surface area contributed by atoms with Gasteiger partial charge in [0.1, 0.15) is 5.52 Å². The van der Waals surface area contributed by atoms with E-state index in [0.717, 1.165) is 71.7 Å². The Morgan fingerprint density at radius 3 is 2.35 bits per heavy atom. The van der Waals surface area contributed by atoms with Gasteiger partial charge in [0, 0.05) is 50.9 Å². The van der Waals surface area contributed by atoms with Gasteiger partial charge in [0.2, 0.25) is 0 Å². The number of carbonyl (C=O) groups is 3. The molecule has 0 unspecified atom stereocenters. The molecule has 1 atom stereocenters. The van der Waals surface area contributed by atoms with Crippen LogP contribution in [-0.4, -0.2) is 118 Å². The lowest BCUT2D eigenvalue weighted by Crippen LogP contribution is -2.52. The van der Waals surface area contributed by atoms with Crippen LogP contribution in [0.4, 0.5) is 15.3 Å². The van der Waals surface area contributed by atoms with Gasteiger partial charge in [-0.05, 0) is 113 Å². The van der Waals surface area contributed by atoms with E-state index in [1.807, 2.05) is 47.1 Å². The number of H-pyrrole nitrogens is 1. The first kappa shape index (κ1) is 32.4. The van der Waals surface area contributed by atoms with Crippen LogP contribution in [0.1, 0.15) is 55.2 Å². The van der Waals surface area contributed by atoms with Crippen LogP contribution in [0, 0.1) is 18.8 Å². The van der Waals surface area contributed by atoms with Crippen LogP contribution in [0.5, 0.6) is 0 Å². The summed E-state index contributed by atoms with van der Waals surface area (Å²) >= 11 is 0. The highest BCUT2D eigenvalue weighted by Gasteiger charge is 2.37. The highest BCUT2D eigenvalue weighted by Crippen LogP contribution is 2.33. The maximum absolute atomic E-state index is 14.1. The molecule has 12 nitrogen and oxygen atoms in total. The van der Waals surface area contributed by atoms with Gasteiger partial charge in [-0.2, -0.15) is 0 Å². The molecular weight excluding hydrogens is 608 g/mol. The van der Waals surface area contributed by atoms with Crippen LogP contribution in [0.3, 0.4) is 0 Å². The van der Waals surface area contributed by atoms with Gasteiger partial charge < -0.3 is 29.7 Å². The summed E-state index contributed by atoms with van der Waals surface area (Å²) in [6.45, 7) is 7.23. The number of ether oxygens (including phenoxy) is 1. The lowest BCUT2D eigenvalue weighted by Gasteiger charge is -2.40. The van der Waals surface area contributed by atoms with Crippen LogP contribution < -0.4 is 5.32 Å². The Kier molecular flexibility index (Phi) is 9.52. The van der Waals surface area contributed by atoms with E-state index >= 15 is 0 Å². The number of urea groups is 1. The van der Waals surface area contributed by atoms with Gasteiger partial charge in [0.25, 0.3) is 5.91 Å². The summed E-state index contributed by atoms with van der Waals surface area (Å²) in [4.78, 5) is 48.8. The fourth-order valence-corrected chi connectivity index (χ4v) is 8.30. The van der Waals surface area contributed by atoms with Crippen molar-refractivity contribution < 1.29 is 19.1 Å². The fourth-order valence-electron chi connectivity index (χ4n) is 8.30. The van der Waals surface area contributed by atoms with E-state index in [1.54, 1.807) is 4.90 Å². The average molecular weight is 657 g/mol. The molecule has 4 aliphatic heterocycles. The van der Waals surface area contributed by atoms with Gasteiger partial charge in [-0.25, -0.2) is 9.59 Å². The third-order valence-corrected chi connectivity index (χ3v) is 11.2. The number of anilines is 1. The van der Waals surface area contributed by atoms with E-state index in [9.17, 15) is 14.4 Å². The van der Waals surface area contributed by atoms with E-state index in [1.165, 1.54) is 12.8 Å². The number of aromatic nitrogens is 3. The number of rotatable bonds is 6. The van der Waals surface area contributed by atoms with Gasteiger partial charge in [0.05, 0.1) is 5.52 Å². The quantitative estimate of drug-likeness (QED) is 0.402. The highest BCUT2D eigenvalue weighted by atomic mass is 16.6. The number of aromatic amines is 1. The van der Waals surface area contributed by atoms with E-state index in [0.29, 0.717) is 51.5 Å². The molecule has 2 N–H and O–H groups in total. The molecule has 12 heteroatoms. The molecule has 7 rings (SSSR count). The monoisotopic (exact) mass is 656 g/mol. The van der Waals surface area contributed by atoms with Crippen molar-refractivity contribution in [3.05, 3.63) is 53.1 Å². The predicted octanol–water partition coefficient (Wildman–Crippen LogP) is 4.45. The molecular formula is C36H48N8O4. The Balaban J connectivity index is 0.996. The minimum absolute atomic E-state index is 0.0313. The second-order valence-electron chi connectivity index (χ2n) is 14.2. The van der Waals surface area contributed by atoms with Gasteiger partial charge in [0.15, 0.2) is 6.10 Å². The summed E-state index contributed by atoms with van der Waals surface area (Å²) in [5.41, 5.74) is 5.45. The van der Waals surface area contributed by atoms with Crippen molar-refractivity contribution in [3.63, 3.8) is 0 Å². The van der Waals surface area contributed by atoms with Crippen LogP contribution in [-0.2, 0) is 22.4 Å². The van der Waals surface area contributed by atoms with Crippen molar-refractivity contribution in [3.8, 4) is 0 Å². The standard InChI is InChI=1S/C36H48N8O4/c1-24-21-25(22-31-33(24)39-40-38-31)23-32(34(45)42-16-9-27(10-17-42)26-7-14-41(2)15-8-26)48-36(47)43-18-12-29(13-19-43)44-20-11-28-5-3-4-6-30(28)37-35(44)46/h3-6,21-22,26-27,29,32H,7-20,23H2,1-2H3,(H,37,46)(H,38,39,40)/t32-/m1/s1. The summed E-state index contributed by atoms with van der Waals surface area (Å²) < 4.78 is 6.12. The zero-order chi connectivity index (χ0) is 33.2. The number of hydrogen-bond donors (Lipinski definition) is 2. The molecule has 2 aromatic carbocycles. The van der Waals surface area contributed by atoms with E-state index in [2.05, 4.69) is 38.7 Å². The number of likely N-dealkylation sites (tertiary alicyclic amines) is 3. The third kappa shape index (κ3) is 6.99. The van der Waals surface area contributed by atoms with Crippen molar-refractivity contribution in [1.82, 2.24) is 35.0 Å². The topological polar surface area (TPSA) is 127 Å². The molecule has 0 spiro atoms.